The highest BCUT2D eigenvalue weighted by atomic mass is 16.6. The summed E-state index contributed by atoms with van der Waals surface area (Å²) >= 11 is 0. The lowest BCUT2D eigenvalue weighted by Crippen LogP contribution is -2.12. The predicted octanol–water partition coefficient (Wildman–Crippen LogP) is 1.84. The molecule has 2 heterocycles. The van der Waals surface area contributed by atoms with Gasteiger partial charge in [-0.15, -0.1) is 0 Å². The molecule has 0 aliphatic carbocycles. The normalized spacial score (nSPS) is 18.1. The zero-order valence-corrected chi connectivity index (χ0v) is 11.3. The first kappa shape index (κ1) is 14.7. The summed E-state index contributed by atoms with van der Waals surface area (Å²) in [5.74, 6) is 0.518. The highest BCUT2D eigenvalue weighted by Crippen LogP contribution is 2.21. The summed E-state index contributed by atoms with van der Waals surface area (Å²) in [6.07, 6.45) is 4.65. The number of hydrogen-bond acceptors (Lipinski definition) is 6. The van der Waals surface area contributed by atoms with Crippen LogP contribution in [0.2, 0.25) is 0 Å². The smallest absolute Gasteiger partial charge is 0.310 e. The highest BCUT2D eigenvalue weighted by molar-refractivity contribution is 5.59. The van der Waals surface area contributed by atoms with E-state index in [1.807, 2.05) is 0 Å². The van der Waals surface area contributed by atoms with Crippen LogP contribution in [0.15, 0.2) is 18.5 Å². The zero-order chi connectivity index (χ0) is 14.2. The lowest BCUT2D eigenvalue weighted by atomic mass is 10.1. The number of nitrogens with one attached hydrogen (secondary N) is 1. The molecule has 1 aromatic heterocycles. The zero-order valence-electron chi connectivity index (χ0n) is 11.3. The minimum absolute atomic E-state index is 0.00322. The van der Waals surface area contributed by atoms with Gasteiger partial charge in [0.2, 0.25) is 0 Å². The second kappa shape index (κ2) is 7.76. The van der Waals surface area contributed by atoms with Crippen molar-refractivity contribution in [3.8, 4) is 0 Å². The molecule has 0 bridgehead atoms. The summed E-state index contributed by atoms with van der Waals surface area (Å²) in [5.41, 5.74) is 0.491. The average Bonchev–Trinajstić information content (AvgIpc) is 2.96. The number of aromatic nitrogens is 1. The molecule has 1 N–H and O–H groups in total. The molecule has 0 radical (unpaired) electrons. The quantitative estimate of drug-likeness (QED) is 0.444. The van der Waals surface area contributed by atoms with Gasteiger partial charge in [-0.1, -0.05) is 0 Å². The van der Waals surface area contributed by atoms with Crippen LogP contribution in [0.1, 0.15) is 12.8 Å². The van der Waals surface area contributed by atoms with E-state index in [4.69, 9.17) is 9.47 Å². The van der Waals surface area contributed by atoms with E-state index in [2.05, 4.69) is 10.3 Å². The molecule has 0 amide bonds. The van der Waals surface area contributed by atoms with E-state index in [9.17, 15) is 10.1 Å². The Balaban J connectivity index is 1.62. The van der Waals surface area contributed by atoms with Crippen LogP contribution in [-0.2, 0) is 9.47 Å². The van der Waals surface area contributed by atoms with Crippen molar-refractivity contribution in [1.82, 2.24) is 4.98 Å². The van der Waals surface area contributed by atoms with Gasteiger partial charge in [0.1, 0.15) is 11.9 Å². The van der Waals surface area contributed by atoms with Crippen LogP contribution in [0.3, 0.4) is 0 Å². The summed E-state index contributed by atoms with van der Waals surface area (Å²) in [7, 11) is 0. The fraction of sp³-hybridized carbons (Fsp3) is 0.615. The fourth-order valence-electron chi connectivity index (χ4n) is 2.04. The van der Waals surface area contributed by atoms with Gasteiger partial charge in [0.25, 0.3) is 0 Å². The van der Waals surface area contributed by atoms with Crippen molar-refractivity contribution in [2.45, 2.75) is 12.8 Å². The molecule has 1 aromatic rings. The number of rotatable bonds is 8. The number of hydrogen-bond donors (Lipinski definition) is 1. The lowest BCUT2D eigenvalue weighted by molar-refractivity contribution is -0.384. The Morgan fingerprint density at radius 3 is 3.25 bits per heavy atom. The van der Waals surface area contributed by atoms with Crippen LogP contribution in [0.25, 0.3) is 0 Å². The summed E-state index contributed by atoms with van der Waals surface area (Å²) in [6, 6.07) is 1.61. The Morgan fingerprint density at radius 1 is 1.60 bits per heavy atom. The van der Waals surface area contributed by atoms with E-state index in [0.29, 0.717) is 24.8 Å². The van der Waals surface area contributed by atoms with Gasteiger partial charge < -0.3 is 14.8 Å². The van der Waals surface area contributed by atoms with Gasteiger partial charge in [-0.25, -0.2) is 0 Å². The summed E-state index contributed by atoms with van der Waals surface area (Å²) in [4.78, 5) is 14.1. The molecule has 7 nitrogen and oxygen atoms in total. The third kappa shape index (κ3) is 4.43. The largest absolute Gasteiger partial charge is 0.381 e. The Hall–Kier alpha value is -1.73. The van der Waals surface area contributed by atoms with E-state index in [1.54, 1.807) is 6.07 Å². The van der Waals surface area contributed by atoms with Crippen LogP contribution >= 0.6 is 0 Å². The Morgan fingerprint density at radius 2 is 2.50 bits per heavy atom. The van der Waals surface area contributed by atoms with E-state index < -0.39 is 4.92 Å². The topological polar surface area (TPSA) is 86.5 Å². The summed E-state index contributed by atoms with van der Waals surface area (Å²) in [6.45, 7) is 3.63. The van der Waals surface area contributed by atoms with Crippen molar-refractivity contribution in [1.29, 1.82) is 0 Å². The Kier molecular flexibility index (Phi) is 5.69. The first-order valence-electron chi connectivity index (χ1n) is 6.75. The summed E-state index contributed by atoms with van der Waals surface area (Å²) in [5, 5.41) is 13.8. The number of pyridine rings is 1. The second-order valence-corrected chi connectivity index (χ2v) is 4.73. The molecule has 2 rings (SSSR count). The number of nitrogens with zero attached hydrogens (tertiary/aromatic N) is 2. The Bertz CT molecular complexity index is 435. The molecule has 0 saturated carbocycles. The van der Waals surface area contributed by atoms with Crippen molar-refractivity contribution in [2.24, 2.45) is 5.92 Å². The minimum atomic E-state index is -0.439. The molecule has 1 atom stereocenters. The maximum atomic E-state index is 10.8. The van der Waals surface area contributed by atoms with Gasteiger partial charge in [0, 0.05) is 31.9 Å². The van der Waals surface area contributed by atoms with Crippen LogP contribution < -0.4 is 5.32 Å². The number of nitro groups is 1. The summed E-state index contributed by atoms with van der Waals surface area (Å²) < 4.78 is 10.8. The molecule has 0 aromatic carbocycles. The molecule has 1 aliphatic heterocycles. The van der Waals surface area contributed by atoms with Crippen LogP contribution in [-0.4, -0.2) is 42.9 Å². The molecule has 0 spiro atoms. The lowest BCUT2D eigenvalue weighted by Gasteiger charge is -2.09. The van der Waals surface area contributed by atoms with Crippen LogP contribution in [0.4, 0.5) is 11.4 Å². The first-order valence-corrected chi connectivity index (χ1v) is 6.75. The van der Waals surface area contributed by atoms with E-state index >= 15 is 0 Å². The molecular weight excluding hydrogens is 262 g/mol. The number of anilines is 1. The Labute approximate surface area is 117 Å². The van der Waals surface area contributed by atoms with Gasteiger partial charge in [0.05, 0.1) is 18.1 Å². The maximum Gasteiger partial charge on any atom is 0.310 e. The monoisotopic (exact) mass is 281 g/mol. The van der Waals surface area contributed by atoms with Gasteiger partial charge >= 0.3 is 5.69 Å². The minimum Gasteiger partial charge on any atom is -0.381 e. The van der Waals surface area contributed by atoms with E-state index in [1.165, 1.54) is 12.4 Å². The highest BCUT2D eigenvalue weighted by Gasteiger charge is 2.15. The van der Waals surface area contributed by atoms with Crippen LogP contribution in [0.5, 0.6) is 0 Å². The average molecular weight is 281 g/mol. The van der Waals surface area contributed by atoms with Gasteiger partial charge in [0.15, 0.2) is 0 Å². The standard InChI is InChI=1S/C13H19N3O4/c17-16(18)13-8-14-5-2-12(13)15-4-1-6-19-9-11-3-7-20-10-11/h2,5,8,11H,1,3-4,6-7,9-10H2,(H,14,15)/t11-/m1/s1. The third-order valence-electron chi connectivity index (χ3n) is 3.16. The molecule has 1 aliphatic rings. The first-order chi connectivity index (χ1) is 9.77. The van der Waals surface area contributed by atoms with Crippen molar-refractivity contribution < 1.29 is 14.4 Å². The molecule has 0 unspecified atom stereocenters. The predicted molar refractivity (Wildman–Crippen MR) is 73.7 cm³/mol. The van der Waals surface area contributed by atoms with Crippen molar-refractivity contribution in [3.63, 3.8) is 0 Å². The second-order valence-electron chi connectivity index (χ2n) is 4.73. The van der Waals surface area contributed by atoms with Gasteiger partial charge in [-0.05, 0) is 18.9 Å². The van der Waals surface area contributed by atoms with Crippen molar-refractivity contribution in [2.75, 3.05) is 38.3 Å². The molecule has 7 heteroatoms. The van der Waals surface area contributed by atoms with Gasteiger partial charge in [-0.2, -0.15) is 0 Å². The SMILES string of the molecule is O=[N+]([O-])c1cnccc1NCCCOC[C@H]1CCOC1. The van der Waals surface area contributed by atoms with Crippen LogP contribution in [0, 0.1) is 16.0 Å². The fourth-order valence-corrected chi connectivity index (χ4v) is 2.04. The maximum absolute atomic E-state index is 10.8. The number of ether oxygens (including phenoxy) is 2. The van der Waals surface area contributed by atoms with E-state index in [0.717, 1.165) is 32.7 Å². The van der Waals surface area contributed by atoms with E-state index in [-0.39, 0.29) is 5.69 Å². The van der Waals surface area contributed by atoms with Crippen molar-refractivity contribution in [3.05, 3.63) is 28.6 Å². The molecular formula is C13H19N3O4. The molecule has 110 valence electrons. The molecule has 1 saturated heterocycles. The molecule has 20 heavy (non-hydrogen) atoms. The molecule has 1 fully saturated rings. The van der Waals surface area contributed by atoms with Gasteiger partial charge in [-0.3, -0.25) is 15.1 Å². The van der Waals surface area contributed by atoms with Crippen molar-refractivity contribution >= 4 is 11.4 Å². The third-order valence-corrected chi connectivity index (χ3v) is 3.16.